The van der Waals surface area contributed by atoms with Gasteiger partial charge in [0.05, 0.1) is 38.5 Å². The summed E-state index contributed by atoms with van der Waals surface area (Å²) in [6.45, 7) is 13.9. The number of amides is 2. The van der Waals surface area contributed by atoms with Crippen molar-refractivity contribution in [3.63, 3.8) is 0 Å². The van der Waals surface area contributed by atoms with Gasteiger partial charge in [0, 0.05) is 5.56 Å². The first-order valence-electron chi connectivity index (χ1n) is 10.7. The number of benzene rings is 1. The fourth-order valence-corrected chi connectivity index (χ4v) is 5.83. The molecule has 0 aliphatic heterocycles. The zero-order chi connectivity index (χ0) is 23.4. The predicted molar refractivity (Wildman–Crippen MR) is 135 cm³/mol. The van der Waals surface area contributed by atoms with Gasteiger partial charge in [0.25, 0.3) is 0 Å². The Morgan fingerprint density at radius 2 is 1.19 bits per heavy atom. The fraction of sp³-hybridized carbons (Fsp3) is 0.524. The number of aromatic nitrogens is 2. The van der Waals surface area contributed by atoms with Crippen molar-refractivity contribution >= 4 is 76.8 Å². The number of anilines is 2. The average Bonchev–Trinajstić information content (AvgIpc) is 3.39. The molecule has 0 saturated heterocycles. The Labute approximate surface area is 201 Å². The van der Waals surface area contributed by atoms with E-state index in [0.717, 1.165) is 52.2 Å². The zero-order valence-electron chi connectivity index (χ0n) is 19.0. The van der Waals surface area contributed by atoms with Crippen LogP contribution in [-0.4, -0.2) is 70.9 Å². The maximum atomic E-state index is 12.4. The van der Waals surface area contributed by atoms with E-state index in [-0.39, 0.29) is 11.8 Å². The first-order valence-corrected chi connectivity index (χ1v) is 12.8. The molecule has 2 amide bonds. The molecule has 1 aromatic carbocycles. The summed E-state index contributed by atoms with van der Waals surface area (Å²) >= 11 is 9.41. The number of nitrogens with zero attached hydrogens (tertiary/aromatic N) is 4. The van der Waals surface area contributed by atoms with E-state index in [1.54, 1.807) is 0 Å². The molecule has 2 aromatic heterocycles. The Morgan fingerprint density at radius 3 is 1.53 bits per heavy atom. The first-order chi connectivity index (χ1) is 15.3. The molecule has 2 N–H and O–H groups in total. The van der Waals surface area contributed by atoms with Crippen LogP contribution in [-0.2, 0) is 9.59 Å². The van der Waals surface area contributed by atoms with Crippen LogP contribution in [0.3, 0.4) is 0 Å². The molecular formula is C21H29ClN6O2S2. The monoisotopic (exact) mass is 496 g/mol. The van der Waals surface area contributed by atoms with Crippen molar-refractivity contribution in [1.82, 2.24) is 19.8 Å². The SMILES string of the molecule is CCN(CC)CC(=O)Nc1nc2c(C)c3nc(NC(=O)CN(CC)CC)sc3c(Cl)c2s1. The van der Waals surface area contributed by atoms with Crippen molar-refractivity contribution in [1.29, 1.82) is 0 Å². The van der Waals surface area contributed by atoms with Crippen LogP contribution in [0.4, 0.5) is 10.3 Å². The minimum atomic E-state index is -0.0975. The van der Waals surface area contributed by atoms with Gasteiger partial charge < -0.3 is 10.6 Å². The summed E-state index contributed by atoms with van der Waals surface area (Å²) in [5.41, 5.74) is 2.31. The number of hydrogen-bond donors (Lipinski definition) is 2. The number of likely N-dealkylation sites (N-methyl/N-ethyl adjacent to an activating group) is 2. The van der Waals surface area contributed by atoms with E-state index in [1.165, 1.54) is 22.7 Å². The molecule has 11 heteroatoms. The van der Waals surface area contributed by atoms with Crippen LogP contribution in [0, 0.1) is 6.92 Å². The predicted octanol–water partition coefficient (Wildman–Crippen LogP) is 4.43. The molecule has 2 heterocycles. The van der Waals surface area contributed by atoms with Crippen molar-refractivity contribution in [2.75, 3.05) is 49.9 Å². The first kappa shape index (κ1) is 24.8. The molecule has 0 atom stereocenters. The number of rotatable bonds is 10. The quantitative estimate of drug-likeness (QED) is 0.431. The molecule has 8 nitrogen and oxygen atoms in total. The summed E-state index contributed by atoms with van der Waals surface area (Å²) in [5.74, 6) is -0.195. The average molecular weight is 497 g/mol. The second-order valence-electron chi connectivity index (χ2n) is 7.35. The van der Waals surface area contributed by atoms with Gasteiger partial charge in [-0.05, 0) is 33.1 Å². The standard InChI is InChI=1S/C21H29ClN6O2S2/c1-6-27(7-2)10-13(29)23-20-25-16-12(5)17-19(15(22)18(16)31-20)32-21(26-17)24-14(30)11-28(8-3)9-4/h6-11H2,1-5H3,(H,23,25,29)(H,24,26,30). The molecule has 0 spiro atoms. The topological polar surface area (TPSA) is 90.5 Å². The molecule has 0 bridgehead atoms. The molecule has 0 unspecified atom stereocenters. The number of hydrogen-bond acceptors (Lipinski definition) is 8. The molecule has 0 aliphatic carbocycles. The minimum Gasteiger partial charge on any atom is -0.301 e. The lowest BCUT2D eigenvalue weighted by Crippen LogP contribution is -2.32. The van der Waals surface area contributed by atoms with E-state index in [9.17, 15) is 9.59 Å². The van der Waals surface area contributed by atoms with Crippen molar-refractivity contribution in [3.05, 3.63) is 10.6 Å². The highest BCUT2D eigenvalue weighted by Gasteiger charge is 2.20. The Kier molecular flexibility index (Phi) is 8.40. The smallest absolute Gasteiger partial charge is 0.240 e. The summed E-state index contributed by atoms with van der Waals surface area (Å²) in [6, 6.07) is 0. The molecule has 0 saturated carbocycles. The van der Waals surface area contributed by atoms with Crippen LogP contribution in [0.2, 0.25) is 5.02 Å². The number of halogens is 1. The van der Waals surface area contributed by atoms with Gasteiger partial charge in [0.2, 0.25) is 11.8 Å². The van der Waals surface area contributed by atoms with Crippen molar-refractivity contribution in [2.45, 2.75) is 34.6 Å². The highest BCUT2D eigenvalue weighted by atomic mass is 35.5. The molecule has 0 radical (unpaired) electrons. The van der Waals surface area contributed by atoms with Crippen LogP contribution < -0.4 is 10.6 Å². The molecular weight excluding hydrogens is 468 g/mol. The molecule has 3 rings (SSSR count). The van der Waals surface area contributed by atoms with E-state index < -0.39 is 0 Å². The van der Waals surface area contributed by atoms with E-state index in [0.29, 0.717) is 28.4 Å². The number of carbonyl (C=O) groups excluding carboxylic acids is 2. The van der Waals surface area contributed by atoms with E-state index in [4.69, 9.17) is 11.6 Å². The Hall–Kier alpha value is -1.85. The summed E-state index contributed by atoms with van der Waals surface area (Å²) in [5, 5.41) is 7.36. The van der Waals surface area contributed by atoms with E-state index in [2.05, 4.69) is 20.6 Å². The van der Waals surface area contributed by atoms with Gasteiger partial charge in [-0.15, -0.1) is 0 Å². The number of fused-ring (bicyclic) bond motifs is 2. The normalized spacial score (nSPS) is 11.8. The minimum absolute atomic E-state index is 0.0975. The molecule has 0 aliphatic rings. The van der Waals surface area contributed by atoms with Gasteiger partial charge in [0.15, 0.2) is 10.3 Å². The van der Waals surface area contributed by atoms with Gasteiger partial charge in [0.1, 0.15) is 0 Å². The van der Waals surface area contributed by atoms with Crippen molar-refractivity contribution in [3.8, 4) is 0 Å². The molecule has 32 heavy (non-hydrogen) atoms. The van der Waals surface area contributed by atoms with Crippen LogP contribution in [0.1, 0.15) is 33.3 Å². The lowest BCUT2D eigenvalue weighted by Gasteiger charge is -2.16. The molecule has 0 fully saturated rings. The summed E-state index contributed by atoms with van der Waals surface area (Å²) in [7, 11) is 0. The largest absolute Gasteiger partial charge is 0.301 e. The van der Waals surface area contributed by atoms with Crippen molar-refractivity contribution in [2.24, 2.45) is 0 Å². The lowest BCUT2D eigenvalue weighted by molar-refractivity contribution is -0.118. The number of thiazole rings is 2. The summed E-state index contributed by atoms with van der Waals surface area (Å²) < 4.78 is 1.61. The van der Waals surface area contributed by atoms with Gasteiger partial charge in [-0.1, -0.05) is 62.0 Å². The third-order valence-electron chi connectivity index (χ3n) is 5.38. The second-order valence-corrected chi connectivity index (χ2v) is 9.73. The third kappa shape index (κ3) is 5.37. The molecule has 3 aromatic rings. The van der Waals surface area contributed by atoms with Gasteiger partial charge in [-0.2, -0.15) is 0 Å². The number of carbonyl (C=O) groups is 2. The molecule has 174 valence electrons. The van der Waals surface area contributed by atoms with Crippen LogP contribution in [0.15, 0.2) is 0 Å². The van der Waals surface area contributed by atoms with Crippen LogP contribution >= 0.6 is 34.3 Å². The van der Waals surface area contributed by atoms with Crippen LogP contribution in [0.5, 0.6) is 0 Å². The zero-order valence-corrected chi connectivity index (χ0v) is 21.4. The highest BCUT2D eigenvalue weighted by Crippen LogP contribution is 2.43. The lowest BCUT2D eigenvalue weighted by atomic mass is 10.2. The maximum absolute atomic E-state index is 12.4. The van der Waals surface area contributed by atoms with E-state index in [1.807, 2.05) is 44.4 Å². The van der Waals surface area contributed by atoms with E-state index >= 15 is 0 Å². The Bertz CT molecular complexity index is 980. The second kappa shape index (κ2) is 10.8. The maximum Gasteiger partial charge on any atom is 0.240 e. The summed E-state index contributed by atoms with van der Waals surface area (Å²) in [6.07, 6.45) is 0. The fourth-order valence-electron chi connectivity index (χ4n) is 3.39. The number of nitrogens with one attached hydrogen (secondary N) is 2. The van der Waals surface area contributed by atoms with Gasteiger partial charge in [-0.3, -0.25) is 19.4 Å². The number of aryl methyl sites for hydroxylation is 1. The Balaban J connectivity index is 1.85. The third-order valence-corrected chi connectivity index (χ3v) is 7.96. The highest BCUT2D eigenvalue weighted by molar-refractivity contribution is 7.25. The van der Waals surface area contributed by atoms with Crippen LogP contribution in [0.25, 0.3) is 20.4 Å². The van der Waals surface area contributed by atoms with Gasteiger partial charge in [-0.25, -0.2) is 9.97 Å². The van der Waals surface area contributed by atoms with Gasteiger partial charge >= 0.3 is 0 Å². The van der Waals surface area contributed by atoms with Crippen molar-refractivity contribution < 1.29 is 9.59 Å². The summed E-state index contributed by atoms with van der Waals surface area (Å²) in [4.78, 5) is 38.0. The Morgan fingerprint density at radius 1 is 0.812 bits per heavy atom.